The third-order valence-electron chi connectivity index (χ3n) is 4.76. The molecule has 3 aromatic rings. The first kappa shape index (κ1) is 17.9. The van der Waals surface area contributed by atoms with Gasteiger partial charge in [0.1, 0.15) is 6.67 Å². The van der Waals surface area contributed by atoms with E-state index in [4.69, 9.17) is 11.6 Å². The Morgan fingerprint density at radius 3 is 2.22 bits per heavy atom. The van der Waals surface area contributed by atoms with E-state index >= 15 is 0 Å². The van der Waals surface area contributed by atoms with Crippen molar-refractivity contribution in [3.63, 3.8) is 0 Å². The van der Waals surface area contributed by atoms with E-state index < -0.39 is 0 Å². The van der Waals surface area contributed by atoms with Gasteiger partial charge in [0.15, 0.2) is 0 Å². The minimum absolute atomic E-state index is 0.218. The predicted molar refractivity (Wildman–Crippen MR) is 104 cm³/mol. The van der Waals surface area contributed by atoms with Crippen molar-refractivity contribution in [3.05, 3.63) is 75.7 Å². The highest BCUT2D eigenvalue weighted by Crippen LogP contribution is 2.13. The van der Waals surface area contributed by atoms with Gasteiger partial charge in [0, 0.05) is 37.7 Å². The highest BCUT2D eigenvalue weighted by Gasteiger charge is 2.19. The normalized spacial score (nSPS) is 15.9. The molecule has 0 aliphatic carbocycles. The van der Waals surface area contributed by atoms with Crippen molar-refractivity contribution in [3.8, 4) is 5.69 Å². The van der Waals surface area contributed by atoms with E-state index in [1.165, 1.54) is 14.9 Å². The Bertz CT molecular complexity index is 929. The van der Waals surface area contributed by atoms with Crippen LogP contribution >= 0.6 is 11.6 Å². The number of rotatable bonds is 5. The standard InChI is InChI=1S/C19H21ClN6O/c20-17-8-6-16(7-9-17)14-23-10-12-24(13-11-23)15-25-19(27)26(22-21-25)18-4-2-1-3-5-18/h1-9H,10-15H2. The molecule has 1 fully saturated rings. The first-order chi connectivity index (χ1) is 13.2. The number of hydrogen-bond acceptors (Lipinski definition) is 5. The maximum absolute atomic E-state index is 12.5. The zero-order chi connectivity index (χ0) is 18.6. The zero-order valence-electron chi connectivity index (χ0n) is 14.9. The Labute approximate surface area is 162 Å². The van der Waals surface area contributed by atoms with Gasteiger partial charge in [0.05, 0.1) is 5.69 Å². The first-order valence-electron chi connectivity index (χ1n) is 8.96. The third kappa shape index (κ3) is 4.27. The lowest BCUT2D eigenvalue weighted by Gasteiger charge is -2.34. The Morgan fingerprint density at radius 2 is 1.52 bits per heavy atom. The molecule has 140 valence electrons. The maximum atomic E-state index is 12.5. The van der Waals surface area contributed by atoms with Crippen LogP contribution in [0.5, 0.6) is 0 Å². The predicted octanol–water partition coefficient (Wildman–Crippen LogP) is 1.86. The average Bonchev–Trinajstić information content (AvgIpc) is 3.06. The molecule has 7 nitrogen and oxygen atoms in total. The molecule has 0 saturated carbocycles. The van der Waals surface area contributed by atoms with Gasteiger partial charge >= 0.3 is 5.69 Å². The van der Waals surface area contributed by atoms with Crippen LogP contribution in [0.15, 0.2) is 59.4 Å². The van der Waals surface area contributed by atoms with Crippen LogP contribution in [0.2, 0.25) is 5.02 Å². The molecular weight excluding hydrogens is 364 g/mol. The van der Waals surface area contributed by atoms with Gasteiger partial charge in [-0.2, -0.15) is 9.36 Å². The van der Waals surface area contributed by atoms with E-state index in [0.717, 1.165) is 43.4 Å². The molecule has 0 unspecified atom stereocenters. The lowest BCUT2D eigenvalue weighted by Crippen LogP contribution is -2.47. The van der Waals surface area contributed by atoms with Gasteiger partial charge in [-0.15, -0.1) is 0 Å². The minimum Gasteiger partial charge on any atom is -0.297 e. The molecule has 8 heteroatoms. The smallest absolute Gasteiger partial charge is 0.297 e. The Hall–Kier alpha value is -2.48. The highest BCUT2D eigenvalue weighted by atomic mass is 35.5. The monoisotopic (exact) mass is 384 g/mol. The van der Waals surface area contributed by atoms with Gasteiger partial charge in [-0.05, 0) is 40.3 Å². The number of para-hydroxylation sites is 1. The Morgan fingerprint density at radius 1 is 0.852 bits per heavy atom. The molecule has 0 atom stereocenters. The van der Waals surface area contributed by atoms with Crippen LogP contribution in [0.4, 0.5) is 0 Å². The molecule has 1 aliphatic heterocycles. The van der Waals surface area contributed by atoms with E-state index in [2.05, 4.69) is 32.4 Å². The molecule has 0 spiro atoms. The molecule has 0 bridgehead atoms. The number of benzene rings is 2. The van der Waals surface area contributed by atoms with Crippen LogP contribution in [0.1, 0.15) is 5.56 Å². The molecule has 2 heterocycles. The third-order valence-corrected chi connectivity index (χ3v) is 5.01. The van der Waals surface area contributed by atoms with E-state index in [9.17, 15) is 4.79 Å². The minimum atomic E-state index is -0.218. The number of tetrazole rings is 1. The van der Waals surface area contributed by atoms with Gasteiger partial charge < -0.3 is 0 Å². The number of aromatic nitrogens is 4. The SMILES string of the molecule is O=c1n(CN2CCN(Cc3ccc(Cl)cc3)CC2)nnn1-c1ccccc1. The van der Waals surface area contributed by atoms with Gasteiger partial charge in [0.2, 0.25) is 0 Å². The second-order valence-electron chi connectivity index (χ2n) is 6.67. The van der Waals surface area contributed by atoms with E-state index in [1.54, 1.807) is 0 Å². The molecule has 0 radical (unpaired) electrons. The van der Waals surface area contributed by atoms with Gasteiger partial charge in [0.25, 0.3) is 0 Å². The summed E-state index contributed by atoms with van der Waals surface area (Å²) in [6, 6.07) is 17.3. The lowest BCUT2D eigenvalue weighted by atomic mass is 10.2. The average molecular weight is 385 g/mol. The number of halogens is 1. The van der Waals surface area contributed by atoms with Crippen LogP contribution in [-0.4, -0.2) is 55.8 Å². The molecule has 2 aromatic carbocycles. The van der Waals surface area contributed by atoms with Crippen LogP contribution in [-0.2, 0) is 13.2 Å². The summed E-state index contributed by atoms with van der Waals surface area (Å²) in [4.78, 5) is 17.2. The molecule has 1 aromatic heterocycles. The molecule has 27 heavy (non-hydrogen) atoms. The van der Waals surface area contributed by atoms with E-state index in [-0.39, 0.29) is 5.69 Å². The summed E-state index contributed by atoms with van der Waals surface area (Å²) in [7, 11) is 0. The van der Waals surface area contributed by atoms with Crippen LogP contribution in [0.3, 0.4) is 0 Å². The van der Waals surface area contributed by atoms with E-state index in [1.807, 2.05) is 42.5 Å². The topological polar surface area (TPSA) is 59.2 Å². The Balaban J connectivity index is 1.34. The van der Waals surface area contributed by atoms with Crippen molar-refractivity contribution in [1.29, 1.82) is 0 Å². The summed E-state index contributed by atoms with van der Waals surface area (Å²) in [6.07, 6.45) is 0. The largest absolute Gasteiger partial charge is 0.369 e. The molecular formula is C19H21ClN6O. The quantitative estimate of drug-likeness (QED) is 0.672. The maximum Gasteiger partial charge on any atom is 0.369 e. The fourth-order valence-corrected chi connectivity index (χ4v) is 3.35. The van der Waals surface area contributed by atoms with Crippen molar-refractivity contribution < 1.29 is 0 Å². The number of hydrogen-bond donors (Lipinski definition) is 0. The summed E-state index contributed by atoms with van der Waals surface area (Å²) in [5.74, 6) is 0. The lowest BCUT2D eigenvalue weighted by molar-refractivity contribution is 0.0968. The van der Waals surface area contributed by atoms with Gasteiger partial charge in [-0.3, -0.25) is 9.80 Å². The summed E-state index contributed by atoms with van der Waals surface area (Å²) < 4.78 is 2.75. The van der Waals surface area contributed by atoms with Crippen molar-refractivity contribution in [2.24, 2.45) is 0 Å². The number of piperazine rings is 1. The van der Waals surface area contributed by atoms with Crippen LogP contribution in [0, 0.1) is 0 Å². The van der Waals surface area contributed by atoms with Crippen LogP contribution in [0.25, 0.3) is 5.69 Å². The second-order valence-corrected chi connectivity index (χ2v) is 7.11. The van der Waals surface area contributed by atoms with Crippen LogP contribution < -0.4 is 5.69 Å². The summed E-state index contributed by atoms with van der Waals surface area (Å²) in [6.45, 7) is 5.04. The van der Waals surface area contributed by atoms with Gasteiger partial charge in [-0.25, -0.2) is 4.79 Å². The van der Waals surface area contributed by atoms with Crippen molar-refractivity contribution in [2.45, 2.75) is 13.2 Å². The fraction of sp³-hybridized carbons (Fsp3) is 0.316. The van der Waals surface area contributed by atoms with Crippen molar-refractivity contribution in [2.75, 3.05) is 26.2 Å². The zero-order valence-corrected chi connectivity index (χ0v) is 15.7. The second kappa shape index (κ2) is 8.04. The molecule has 1 saturated heterocycles. The van der Waals surface area contributed by atoms with Crippen molar-refractivity contribution in [1.82, 2.24) is 29.6 Å². The number of nitrogens with zero attached hydrogens (tertiary/aromatic N) is 6. The highest BCUT2D eigenvalue weighted by molar-refractivity contribution is 6.30. The fourth-order valence-electron chi connectivity index (χ4n) is 3.22. The van der Waals surface area contributed by atoms with Crippen molar-refractivity contribution >= 4 is 11.6 Å². The van der Waals surface area contributed by atoms with E-state index in [0.29, 0.717) is 6.67 Å². The first-order valence-corrected chi connectivity index (χ1v) is 9.34. The summed E-state index contributed by atoms with van der Waals surface area (Å²) in [5.41, 5.74) is 1.77. The van der Waals surface area contributed by atoms with Gasteiger partial charge in [-0.1, -0.05) is 41.9 Å². The molecule has 4 rings (SSSR count). The molecule has 1 aliphatic rings. The Kier molecular flexibility index (Phi) is 5.33. The summed E-state index contributed by atoms with van der Waals surface area (Å²) in [5, 5.41) is 8.79. The summed E-state index contributed by atoms with van der Waals surface area (Å²) >= 11 is 5.94. The molecule has 0 N–H and O–H groups in total. The molecule has 0 amide bonds.